The molecule has 1 aromatic heterocycles. The highest BCUT2D eigenvalue weighted by Gasteiger charge is 2.14. The summed E-state index contributed by atoms with van der Waals surface area (Å²) in [5.74, 6) is 0.465. The summed E-state index contributed by atoms with van der Waals surface area (Å²) >= 11 is 1.57. The molecule has 0 saturated carbocycles. The third-order valence-electron chi connectivity index (χ3n) is 2.82. The molecule has 0 aliphatic heterocycles. The molecule has 2 aromatic rings. The van der Waals surface area contributed by atoms with Crippen molar-refractivity contribution in [2.75, 3.05) is 19.9 Å². The molecular weight excluding hydrogens is 274 g/mol. The molecule has 1 amide bonds. The van der Waals surface area contributed by atoms with Crippen molar-refractivity contribution in [3.8, 4) is 5.75 Å². The van der Waals surface area contributed by atoms with Crippen LogP contribution in [0, 0.1) is 6.92 Å². The first-order chi connectivity index (χ1) is 9.49. The van der Waals surface area contributed by atoms with E-state index >= 15 is 0 Å². The van der Waals surface area contributed by atoms with E-state index in [1.54, 1.807) is 48.6 Å². The van der Waals surface area contributed by atoms with Gasteiger partial charge >= 0.3 is 0 Å². The summed E-state index contributed by atoms with van der Waals surface area (Å²) in [7, 11) is 3.29. The Balaban J connectivity index is 2.15. The number of nitrogens with zero attached hydrogens (tertiary/aromatic N) is 2. The van der Waals surface area contributed by atoms with E-state index in [2.05, 4.69) is 4.98 Å². The van der Waals surface area contributed by atoms with Crippen molar-refractivity contribution in [2.45, 2.75) is 13.5 Å². The minimum absolute atomic E-state index is 0.110. The lowest BCUT2D eigenvalue weighted by Gasteiger charge is -2.16. The minimum atomic E-state index is -0.110. The van der Waals surface area contributed by atoms with Crippen LogP contribution >= 0.6 is 11.3 Å². The number of anilines is 1. The van der Waals surface area contributed by atoms with Crippen LogP contribution in [-0.4, -0.2) is 29.9 Å². The molecule has 0 radical (unpaired) electrons. The van der Waals surface area contributed by atoms with Crippen LogP contribution in [0.1, 0.15) is 21.1 Å². The van der Waals surface area contributed by atoms with E-state index in [0.29, 0.717) is 23.5 Å². The van der Waals surface area contributed by atoms with Gasteiger partial charge in [0.25, 0.3) is 5.91 Å². The lowest BCUT2D eigenvalue weighted by Crippen LogP contribution is -2.26. The predicted molar refractivity (Wildman–Crippen MR) is 80.1 cm³/mol. The van der Waals surface area contributed by atoms with Gasteiger partial charge in [-0.15, -0.1) is 11.3 Å². The molecule has 5 nitrogen and oxygen atoms in total. The maximum absolute atomic E-state index is 12.4. The Kier molecular flexibility index (Phi) is 4.24. The number of aromatic nitrogens is 1. The topological polar surface area (TPSA) is 68.5 Å². The van der Waals surface area contributed by atoms with Crippen LogP contribution in [0.3, 0.4) is 0 Å². The number of hydrogen-bond donors (Lipinski definition) is 1. The molecule has 1 aromatic carbocycles. The number of benzene rings is 1. The van der Waals surface area contributed by atoms with Crippen LogP contribution in [0.25, 0.3) is 0 Å². The fourth-order valence-electron chi connectivity index (χ4n) is 1.88. The lowest BCUT2D eigenvalue weighted by atomic mass is 10.1. The fourth-order valence-corrected chi connectivity index (χ4v) is 2.48. The first-order valence-electron chi connectivity index (χ1n) is 6.10. The Bertz CT molecular complexity index is 625. The monoisotopic (exact) mass is 291 g/mol. The smallest absolute Gasteiger partial charge is 0.254 e. The first-order valence-corrected chi connectivity index (χ1v) is 6.98. The molecule has 0 bridgehead atoms. The zero-order chi connectivity index (χ0) is 14.7. The van der Waals surface area contributed by atoms with E-state index in [1.165, 1.54) is 0 Å². The molecule has 0 spiro atoms. The van der Waals surface area contributed by atoms with Crippen LogP contribution < -0.4 is 10.5 Å². The summed E-state index contributed by atoms with van der Waals surface area (Å²) in [5, 5.41) is 2.95. The summed E-state index contributed by atoms with van der Waals surface area (Å²) in [6.45, 7) is 2.42. The number of carbonyl (C=O) groups is 1. The van der Waals surface area contributed by atoms with Gasteiger partial charge in [0, 0.05) is 29.7 Å². The predicted octanol–water partition coefficient (Wildman–Crippen LogP) is 2.31. The molecule has 1 heterocycles. The molecule has 0 aliphatic carbocycles. The highest BCUT2D eigenvalue weighted by atomic mass is 32.1. The second kappa shape index (κ2) is 5.92. The van der Waals surface area contributed by atoms with Gasteiger partial charge in [0.15, 0.2) is 0 Å². The van der Waals surface area contributed by atoms with E-state index in [1.807, 2.05) is 12.3 Å². The van der Waals surface area contributed by atoms with Gasteiger partial charge < -0.3 is 15.4 Å². The van der Waals surface area contributed by atoms with Crippen molar-refractivity contribution in [1.82, 2.24) is 9.88 Å². The van der Waals surface area contributed by atoms with Gasteiger partial charge in [0.2, 0.25) is 0 Å². The zero-order valence-corrected chi connectivity index (χ0v) is 12.5. The van der Waals surface area contributed by atoms with E-state index in [9.17, 15) is 4.79 Å². The fraction of sp³-hybridized carbons (Fsp3) is 0.286. The van der Waals surface area contributed by atoms with Crippen LogP contribution in [-0.2, 0) is 6.54 Å². The molecule has 106 valence electrons. The van der Waals surface area contributed by atoms with Crippen molar-refractivity contribution in [1.29, 1.82) is 0 Å². The van der Waals surface area contributed by atoms with Gasteiger partial charge in [0.05, 0.1) is 24.4 Å². The molecule has 20 heavy (non-hydrogen) atoms. The second-order valence-electron chi connectivity index (χ2n) is 4.51. The average molecular weight is 291 g/mol. The Morgan fingerprint density at radius 1 is 1.45 bits per heavy atom. The van der Waals surface area contributed by atoms with Gasteiger partial charge in [-0.3, -0.25) is 4.79 Å². The summed E-state index contributed by atoms with van der Waals surface area (Å²) in [6, 6.07) is 5.01. The van der Waals surface area contributed by atoms with Crippen molar-refractivity contribution in [2.24, 2.45) is 0 Å². The third kappa shape index (κ3) is 3.27. The summed E-state index contributed by atoms with van der Waals surface area (Å²) in [6.07, 6.45) is 0. The van der Waals surface area contributed by atoms with Crippen molar-refractivity contribution in [3.05, 3.63) is 39.8 Å². The number of rotatable bonds is 4. The van der Waals surface area contributed by atoms with Gasteiger partial charge in [-0.1, -0.05) is 0 Å². The number of ether oxygens (including phenoxy) is 1. The van der Waals surface area contributed by atoms with Gasteiger partial charge in [-0.25, -0.2) is 4.98 Å². The number of amides is 1. The number of aryl methyl sites for hydroxylation is 1. The summed E-state index contributed by atoms with van der Waals surface area (Å²) < 4.78 is 5.13. The van der Waals surface area contributed by atoms with Crippen LogP contribution in [0.15, 0.2) is 23.6 Å². The van der Waals surface area contributed by atoms with Crippen molar-refractivity contribution < 1.29 is 9.53 Å². The standard InChI is InChI=1S/C14H17N3O2S/c1-9-16-12(8-20-9)7-17(2)14(18)10-4-11(15)6-13(5-10)19-3/h4-6,8H,7,15H2,1-3H3. The Morgan fingerprint density at radius 2 is 2.20 bits per heavy atom. The minimum Gasteiger partial charge on any atom is -0.497 e. The number of carbonyl (C=O) groups excluding carboxylic acids is 1. The number of thiazole rings is 1. The SMILES string of the molecule is COc1cc(N)cc(C(=O)N(C)Cc2csc(C)n2)c1. The molecule has 0 aliphatic rings. The molecule has 0 fully saturated rings. The Labute approximate surface area is 122 Å². The van der Waals surface area contributed by atoms with E-state index in [4.69, 9.17) is 10.5 Å². The van der Waals surface area contributed by atoms with E-state index in [-0.39, 0.29) is 5.91 Å². The van der Waals surface area contributed by atoms with Gasteiger partial charge in [-0.05, 0) is 19.1 Å². The number of nitrogen functional groups attached to an aromatic ring is 1. The molecule has 6 heteroatoms. The number of hydrogen-bond acceptors (Lipinski definition) is 5. The van der Waals surface area contributed by atoms with Crippen molar-refractivity contribution in [3.63, 3.8) is 0 Å². The molecule has 0 unspecified atom stereocenters. The van der Waals surface area contributed by atoms with Gasteiger partial charge in [0.1, 0.15) is 5.75 Å². The maximum Gasteiger partial charge on any atom is 0.254 e. The lowest BCUT2D eigenvalue weighted by molar-refractivity contribution is 0.0783. The molecule has 2 N–H and O–H groups in total. The maximum atomic E-state index is 12.4. The molecular formula is C14H17N3O2S. The van der Waals surface area contributed by atoms with E-state index in [0.717, 1.165) is 10.7 Å². The van der Waals surface area contributed by atoms with Crippen LogP contribution in [0.5, 0.6) is 5.75 Å². The highest BCUT2D eigenvalue weighted by molar-refractivity contribution is 7.09. The zero-order valence-electron chi connectivity index (χ0n) is 11.7. The summed E-state index contributed by atoms with van der Waals surface area (Å²) in [5.41, 5.74) is 7.67. The van der Waals surface area contributed by atoms with Crippen LogP contribution in [0.4, 0.5) is 5.69 Å². The molecule has 0 saturated heterocycles. The van der Waals surface area contributed by atoms with Crippen LogP contribution in [0.2, 0.25) is 0 Å². The first kappa shape index (κ1) is 14.3. The highest BCUT2D eigenvalue weighted by Crippen LogP contribution is 2.20. The summed E-state index contributed by atoms with van der Waals surface area (Å²) in [4.78, 5) is 18.3. The van der Waals surface area contributed by atoms with E-state index < -0.39 is 0 Å². The van der Waals surface area contributed by atoms with Crippen molar-refractivity contribution >= 4 is 22.9 Å². The normalized spacial score (nSPS) is 10.3. The quantitative estimate of drug-likeness (QED) is 0.878. The largest absolute Gasteiger partial charge is 0.497 e. The number of nitrogens with two attached hydrogens (primary N) is 1. The third-order valence-corrected chi connectivity index (χ3v) is 3.65. The number of methoxy groups -OCH3 is 1. The average Bonchev–Trinajstić information content (AvgIpc) is 2.82. The Morgan fingerprint density at radius 3 is 2.80 bits per heavy atom. The second-order valence-corrected chi connectivity index (χ2v) is 5.58. The molecule has 2 rings (SSSR count). The molecule has 0 atom stereocenters. The van der Waals surface area contributed by atoms with Gasteiger partial charge in [-0.2, -0.15) is 0 Å². The Hall–Kier alpha value is -2.08.